The highest BCUT2D eigenvalue weighted by Crippen LogP contribution is 2.40. The molecule has 11 rings (SSSR count). The fraction of sp³-hybridized carbons (Fsp3) is 0.382. The van der Waals surface area contributed by atoms with Gasteiger partial charge in [0.25, 0.3) is 0 Å². The van der Waals surface area contributed by atoms with E-state index in [4.69, 9.17) is 77.3 Å². The number of rotatable bonds is 28. The van der Waals surface area contributed by atoms with E-state index in [1.165, 1.54) is 0 Å². The molecule has 0 spiro atoms. The minimum absolute atomic E-state index is 0.0345. The molecule has 8 heterocycles. The van der Waals surface area contributed by atoms with E-state index in [0.29, 0.717) is 182 Å². The van der Waals surface area contributed by atoms with Crippen molar-refractivity contribution in [1.82, 2.24) is 66.5 Å². The summed E-state index contributed by atoms with van der Waals surface area (Å²) in [6, 6.07) is 26.2. The molecule has 0 saturated carbocycles. The van der Waals surface area contributed by atoms with Crippen LogP contribution in [0.25, 0.3) is 79.2 Å². The number of aliphatic hydroxyl groups is 3. The maximum absolute atomic E-state index is 10.5. The third-order valence-electron chi connectivity index (χ3n) is 16.2. The summed E-state index contributed by atoms with van der Waals surface area (Å²) < 4.78 is 48.3. The quantitative estimate of drug-likeness (QED) is 0.0269. The van der Waals surface area contributed by atoms with Gasteiger partial charge in [-0.3, -0.25) is 0 Å². The first-order valence-corrected chi connectivity index (χ1v) is 31.0. The molecule has 25 nitrogen and oxygen atoms in total. The average Bonchev–Trinajstić information content (AvgIpc) is 1.86. The number of hydrogen-bond donors (Lipinski definition) is 6. The molecule has 93 heavy (non-hydrogen) atoms. The van der Waals surface area contributed by atoms with Crippen LogP contribution in [0.2, 0.25) is 0 Å². The molecule has 7 aromatic heterocycles. The zero-order chi connectivity index (χ0) is 65.3. The largest absolute Gasteiger partial charge is 0.491 e. The summed E-state index contributed by atoms with van der Waals surface area (Å²) in [6.07, 6.45) is 1.21. The van der Waals surface area contributed by atoms with Crippen LogP contribution in [-0.4, -0.2) is 171 Å². The predicted molar refractivity (Wildman–Crippen MR) is 347 cm³/mol. The number of nitrogens with zero attached hydrogens (tertiary/aromatic N) is 11. The van der Waals surface area contributed by atoms with Crippen LogP contribution in [0.4, 0.5) is 5.82 Å². The smallest absolute Gasteiger partial charge is 0.162 e. The van der Waals surface area contributed by atoms with Crippen LogP contribution < -0.4 is 35.1 Å². The Balaban J connectivity index is 0.940. The van der Waals surface area contributed by atoms with Crippen LogP contribution in [-0.2, 0) is 17.6 Å². The molecule has 1 aliphatic rings. The summed E-state index contributed by atoms with van der Waals surface area (Å²) >= 11 is 0. The van der Waals surface area contributed by atoms with Crippen molar-refractivity contribution in [3.63, 3.8) is 0 Å². The number of aryl methyl sites for hydroxylation is 6. The zero-order valence-corrected chi connectivity index (χ0v) is 53.9. The first kappa shape index (κ1) is 65.2. The van der Waals surface area contributed by atoms with Crippen LogP contribution in [0.5, 0.6) is 17.2 Å². The predicted octanol–water partition coefficient (Wildman–Crippen LogP) is 8.22. The highest BCUT2D eigenvalue weighted by atomic mass is 16.5. The van der Waals surface area contributed by atoms with E-state index < -0.39 is 18.3 Å². The Bertz CT molecular complexity index is 4150. The molecular formula is C68H78N14O11. The lowest BCUT2D eigenvalue weighted by molar-refractivity contribution is 0.00699. The molecule has 25 heteroatoms. The Hall–Kier alpha value is -9.34. The zero-order valence-electron chi connectivity index (χ0n) is 53.9. The van der Waals surface area contributed by atoms with Crippen molar-refractivity contribution < 1.29 is 52.4 Å². The lowest BCUT2D eigenvalue weighted by Gasteiger charge is -2.36. The second-order valence-corrected chi connectivity index (χ2v) is 23.3. The maximum Gasteiger partial charge on any atom is 0.162 e. The summed E-state index contributed by atoms with van der Waals surface area (Å²) in [6.45, 7) is 13.0. The van der Waals surface area contributed by atoms with Gasteiger partial charge in [0.15, 0.2) is 17.5 Å². The van der Waals surface area contributed by atoms with Gasteiger partial charge in [0.1, 0.15) is 84.2 Å². The van der Waals surface area contributed by atoms with E-state index in [0.717, 1.165) is 16.7 Å². The number of ether oxygens (including phenoxy) is 4. The lowest BCUT2D eigenvalue weighted by atomic mass is 9.94. The number of benzene rings is 3. The van der Waals surface area contributed by atoms with Gasteiger partial charge in [-0.2, -0.15) is 0 Å². The van der Waals surface area contributed by atoms with Gasteiger partial charge in [0.05, 0.1) is 73.9 Å². The molecule has 10 aromatic rings. The average molecular weight is 1270 g/mol. The number of likely N-dealkylation sites (N-methyl/N-ethyl adjacent to an activating group) is 3. The van der Waals surface area contributed by atoms with Crippen molar-refractivity contribution in [1.29, 1.82) is 0 Å². The molecule has 1 aliphatic heterocycles. The molecule has 0 radical (unpaired) electrons. The van der Waals surface area contributed by atoms with Crippen LogP contribution in [0, 0.1) is 41.5 Å². The van der Waals surface area contributed by atoms with E-state index in [-0.39, 0.29) is 38.4 Å². The Kier molecular flexibility index (Phi) is 20.7. The summed E-state index contributed by atoms with van der Waals surface area (Å²) in [5, 5.41) is 58.2. The highest BCUT2D eigenvalue weighted by Gasteiger charge is 2.32. The summed E-state index contributed by atoms with van der Waals surface area (Å²) in [5.74, 6) is 5.86. The van der Waals surface area contributed by atoms with Gasteiger partial charge in [0, 0.05) is 86.7 Å². The van der Waals surface area contributed by atoms with Gasteiger partial charge in [-0.05, 0) is 118 Å². The van der Waals surface area contributed by atoms with Gasteiger partial charge < -0.3 is 73.2 Å². The Labute approximate surface area is 538 Å². The summed E-state index contributed by atoms with van der Waals surface area (Å²) in [4.78, 5) is 33.1. The molecule has 0 amide bonds. The number of aromatic nitrogens is 10. The van der Waals surface area contributed by atoms with Crippen molar-refractivity contribution in [2.45, 2.75) is 97.7 Å². The third kappa shape index (κ3) is 15.3. The molecule has 1 fully saturated rings. The lowest BCUT2D eigenvalue weighted by Crippen LogP contribution is -2.41. The van der Waals surface area contributed by atoms with Crippen LogP contribution in [0.3, 0.4) is 0 Å². The van der Waals surface area contributed by atoms with Gasteiger partial charge in [-0.25, -0.2) is 29.9 Å². The topological polar surface area (TPSA) is 318 Å². The molecule has 486 valence electrons. The second-order valence-electron chi connectivity index (χ2n) is 23.3. The third-order valence-corrected chi connectivity index (χ3v) is 16.2. The fourth-order valence-electron chi connectivity index (χ4n) is 11.6. The van der Waals surface area contributed by atoms with Gasteiger partial charge >= 0.3 is 0 Å². The normalized spacial score (nSPS) is 15.1. The van der Waals surface area contributed by atoms with Gasteiger partial charge in [-0.15, -0.1) is 0 Å². The molecule has 6 N–H and O–H groups in total. The molecule has 5 atom stereocenters. The van der Waals surface area contributed by atoms with Crippen molar-refractivity contribution in [3.05, 3.63) is 143 Å². The molecule has 0 aliphatic carbocycles. The number of hydrogen-bond acceptors (Lipinski definition) is 25. The molecular weight excluding hydrogens is 1190 g/mol. The van der Waals surface area contributed by atoms with E-state index >= 15 is 0 Å². The molecule has 5 unspecified atom stereocenters. The van der Waals surface area contributed by atoms with Crippen molar-refractivity contribution in [2.75, 3.05) is 79.2 Å². The van der Waals surface area contributed by atoms with E-state index in [1.54, 1.807) is 27.3 Å². The van der Waals surface area contributed by atoms with Crippen molar-refractivity contribution in [2.24, 2.45) is 0 Å². The van der Waals surface area contributed by atoms with Crippen LogP contribution in [0.1, 0.15) is 64.2 Å². The maximum atomic E-state index is 10.5. The molecule has 3 aromatic carbocycles. The highest BCUT2D eigenvalue weighted by molar-refractivity contribution is 5.77. The van der Waals surface area contributed by atoms with E-state index in [2.05, 4.69) is 31.2 Å². The summed E-state index contributed by atoms with van der Waals surface area (Å²) in [7, 11) is 7.36. The Morgan fingerprint density at radius 3 is 1.52 bits per heavy atom. The molecule has 0 bridgehead atoms. The van der Waals surface area contributed by atoms with E-state index in [9.17, 15) is 15.3 Å². The Morgan fingerprint density at radius 1 is 0.538 bits per heavy atom. The first-order chi connectivity index (χ1) is 45.0. The Morgan fingerprint density at radius 2 is 1.00 bits per heavy atom. The standard InChI is InChI=1S/C68H78N14O11/c1-37-61(39(3)90-78-37)55-28-56(74-67(73-55)44-15-12-18-52(23-44)88-35-49(84)32-70-8)63-41(5)92-80-58(63)25-46-30-72-66(43-14-11-17-51(22-43)87-34-48(83)31-69-7)77-65(46)64-42(6)93-81-59(64)27-54-26-47(20-21-86-54)82(10)60-29-57(62-38(2)79-91-40(62)4)75-68(76-60)45-16-13-19-53(24-45)89-36-50(85)33-71-9/h11-19,22-24,28-30,47-50,54,69-71,83-85H,20-21,25-27,31-36H2,1-10H3. The second kappa shape index (κ2) is 29.5. The fourth-order valence-corrected chi connectivity index (χ4v) is 11.6. The van der Waals surface area contributed by atoms with Crippen molar-refractivity contribution >= 4 is 5.82 Å². The number of aliphatic hydroxyl groups excluding tert-OH is 3. The SMILES string of the molecule is CNCC(O)COc1cccc(-c2nc(-c3c(C)noc3C)cc(-c3c(Cc4cnc(-c5cccc(OCC(O)CNC)c5)nc4-c4c(CC5CC(N(C)c6cc(-c7c(C)noc7C)nc(-c7cccc(OCC(O)CNC)c7)n6)CCO5)noc4C)noc3C)n2)c1. The van der Waals surface area contributed by atoms with E-state index in [1.807, 2.05) is 134 Å². The first-order valence-electron chi connectivity index (χ1n) is 31.0. The monoisotopic (exact) mass is 1270 g/mol. The van der Waals surface area contributed by atoms with Crippen LogP contribution >= 0.6 is 0 Å². The summed E-state index contributed by atoms with van der Waals surface area (Å²) in [5.41, 5.74) is 10.4. The van der Waals surface area contributed by atoms with Gasteiger partial charge in [-0.1, -0.05) is 57.0 Å². The minimum atomic E-state index is -0.724. The van der Waals surface area contributed by atoms with Crippen molar-refractivity contribution in [3.8, 4) is 96.4 Å². The van der Waals surface area contributed by atoms with Crippen LogP contribution in [0.15, 0.2) is 109 Å². The molecule has 1 saturated heterocycles. The number of nitrogens with one attached hydrogen (secondary N) is 3. The number of anilines is 1. The minimum Gasteiger partial charge on any atom is -0.491 e. The van der Waals surface area contributed by atoms with Gasteiger partial charge in [0.2, 0.25) is 0 Å².